The minimum Gasteiger partial charge on any atom is -0.339 e. The summed E-state index contributed by atoms with van der Waals surface area (Å²) in [6.45, 7) is 4.11. The lowest BCUT2D eigenvalue weighted by Crippen LogP contribution is -2.27. The van der Waals surface area contributed by atoms with E-state index in [2.05, 4.69) is 32.3 Å². The van der Waals surface area contributed by atoms with Crippen LogP contribution < -0.4 is 5.32 Å². The van der Waals surface area contributed by atoms with Crippen LogP contribution in [0.1, 0.15) is 25.7 Å². The van der Waals surface area contributed by atoms with Crippen LogP contribution in [0.3, 0.4) is 0 Å². The first-order chi connectivity index (χ1) is 8.22. The number of nitrogens with one attached hydrogen (secondary N) is 1. The third-order valence-electron chi connectivity index (χ3n) is 2.85. The van der Waals surface area contributed by atoms with Gasteiger partial charge in [-0.05, 0) is 20.0 Å². The van der Waals surface area contributed by atoms with Crippen LogP contribution in [-0.4, -0.2) is 33.2 Å². The summed E-state index contributed by atoms with van der Waals surface area (Å²) in [6.07, 6.45) is 3.11. The summed E-state index contributed by atoms with van der Waals surface area (Å²) in [4.78, 5) is 12.3. The number of nitrogens with zero attached hydrogens (tertiary/aromatic N) is 4. The molecule has 0 fully saturated rings. The average molecular weight is 233 g/mol. The van der Waals surface area contributed by atoms with Crippen LogP contribution in [0.2, 0.25) is 0 Å². The summed E-state index contributed by atoms with van der Waals surface area (Å²) in [5.74, 6) is 1.26. The van der Waals surface area contributed by atoms with Gasteiger partial charge in [0, 0.05) is 12.2 Å². The zero-order valence-electron chi connectivity index (χ0n) is 10.1. The minimum absolute atomic E-state index is 0.156. The standard InChI is InChI=1S/C11H15N5O/c1-7(8(2)12-3)11-15-10(16-17-11)9-4-5-13-6-14-9/h4-8,12H,1-3H3. The van der Waals surface area contributed by atoms with Crippen LogP contribution >= 0.6 is 0 Å². The van der Waals surface area contributed by atoms with E-state index in [9.17, 15) is 0 Å². The van der Waals surface area contributed by atoms with Gasteiger partial charge in [-0.3, -0.25) is 0 Å². The molecule has 2 aromatic heterocycles. The van der Waals surface area contributed by atoms with E-state index >= 15 is 0 Å². The molecule has 0 aliphatic heterocycles. The highest BCUT2D eigenvalue weighted by atomic mass is 16.5. The largest absolute Gasteiger partial charge is 0.339 e. The van der Waals surface area contributed by atoms with E-state index in [0.717, 1.165) is 0 Å². The zero-order valence-corrected chi connectivity index (χ0v) is 10.1. The number of hydrogen-bond acceptors (Lipinski definition) is 6. The summed E-state index contributed by atoms with van der Waals surface area (Å²) in [7, 11) is 1.91. The molecule has 2 heterocycles. The molecule has 0 aromatic carbocycles. The predicted molar refractivity (Wildman–Crippen MR) is 62.3 cm³/mol. The lowest BCUT2D eigenvalue weighted by Gasteiger charge is -2.14. The Labute approximate surface area is 99.5 Å². The molecule has 0 aliphatic carbocycles. The summed E-state index contributed by atoms with van der Waals surface area (Å²) in [5.41, 5.74) is 0.666. The highest BCUT2D eigenvalue weighted by Gasteiger charge is 2.20. The summed E-state index contributed by atoms with van der Waals surface area (Å²) in [5, 5.41) is 7.08. The van der Waals surface area contributed by atoms with Crippen molar-refractivity contribution in [2.24, 2.45) is 0 Å². The van der Waals surface area contributed by atoms with Crippen LogP contribution in [0.5, 0.6) is 0 Å². The lowest BCUT2D eigenvalue weighted by molar-refractivity contribution is 0.336. The molecule has 2 rings (SSSR count). The molecule has 17 heavy (non-hydrogen) atoms. The summed E-state index contributed by atoms with van der Waals surface area (Å²) < 4.78 is 5.24. The van der Waals surface area contributed by atoms with Crippen molar-refractivity contribution in [3.05, 3.63) is 24.5 Å². The van der Waals surface area contributed by atoms with Gasteiger partial charge in [-0.2, -0.15) is 4.98 Å². The van der Waals surface area contributed by atoms with Gasteiger partial charge in [0.1, 0.15) is 12.0 Å². The Kier molecular flexibility index (Phi) is 3.43. The van der Waals surface area contributed by atoms with Gasteiger partial charge in [0.05, 0.1) is 5.92 Å². The third-order valence-corrected chi connectivity index (χ3v) is 2.85. The molecule has 2 unspecified atom stereocenters. The van der Waals surface area contributed by atoms with Gasteiger partial charge in [-0.15, -0.1) is 0 Å². The van der Waals surface area contributed by atoms with Gasteiger partial charge in [0.25, 0.3) is 0 Å². The molecule has 2 aromatic rings. The first kappa shape index (κ1) is 11.7. The fourth-order valence-electron chi connectivity index (χ4n) is 1.41. The van der Waals surface area contributed by atoms with Crippen molar-refractivity contribution in [1.29, 1.82) is 0 Å². The highest BCUT2D eigenvalue weighted by molar-refractivity contribution is 5.46. The van der Waals surface area contributed by atoms with Crippen LogP contribution in [0, 0.1) is 0 Å². The van der Waals surface area contributed by atoms with E-state index < -0.39 is 0 Å². The Morgan fingerprint density at radius 2 is 2.18 bits per heavy atom. The lowest BCUT2D eigenvalue weighted by atomic mass is 10.0. The predicted octanol–water partition coefficient (Wildman–Crippen LogP) is 1.24. The van der Waals surface area contributed by atoms with E-state index in [4.69, 9.17) is 4.52 Å². The monoisotopic (exact) mass is 233 g/mol. The normalized spacial score (nSPS) is 14.5. The molecule has 0 aliphatic rings. The fraction of sp³-hybridized carbons (Fsp3) is 0.455. The zero-order chi connectivity index (χ0) is 12.3. The number of hydrogen-bond donors (Lipinski definition) is 1. The quantitative estimate of drug-likeness (QED) is 0.856. The van der Waals surface area contributed by atoms with Crippen LogP contribution in [0.4, 0.5) is 0 Å². The van der Waals surface area contributed by atoms with E-state index in [-0.39, 0.29) is 12.0 Å². The van der Waals surface area contributed by atoms with Gasteiger partial charge in [0.2, 0.25) is 11.7 Å². The van der Waals surface area contributed by atoms with E-state index in [1.807, 2.05) is 14.0 Å². The molecular weight excluding hydrogens is 218 g/mol. The van der Waals surface area contributed by atoms with Gasteiger partial charge < -0.3 is 9.84 Å². The van der Waals surface area contributed by atoms with Crippen molar-refractivity contribution in [3.63, 3.8) is 0 Å². The minimum atomic E-state index is 0.156. The van der Waals surface area contributed by atoms with Gasteiger partial charge in [-0.1, -0.05) is 12.1 Å². The van der Waals surface area contributed by atoms with E-state index in [1.165, 1.54) is 6.33 Å². The fourth-order valence-corrected chi connectivity index (χ4v) is 1.41. The Morgan fingerprint density at radius 3 is 2.82 bits per heavy atom. The van der Waals surface area contributed by atoms with Gasteiger partial charge in [0.15, 0.2) is 0 Å². The van der Waals surface area contributed by atoms with E-state index in [1.54, 1.807) is 12.3 Å². The second-order valence-electron chi connectivity index (χ2n) is 3.92. The number of rotatable bonds is 4. The molecule has 0 radical (unpaired) electrons. The first-order valence-corrected chi connectivity index (χ1v) is 5.49. The molecule has 90 valence electrons. The first-order valence-electron chi connectivity index (χ1n) is 5.49. The van der Waals surface area contributed by atoms with Crippen LogP contribution in [0.25, 0.3) is 11.5 Å². The molecule has 0 saturated carbocycles. The van der Waals surface area contributed by atoms with Gasteiger partial charge in [-0.25, -0.2) is 9.97 Å². The van der Waals surface area contributed by atoms with Crippen molar-refractivity contribution < 1.29 is 4.52 Å². The summed E-state index contributed by atoms with van der Waals surface area (Å²) >= 11 is 0. The highest BCUT2D eigenvalue weighted by Crippen LogP contribution is 2.20. The Bertz CT molecular complexity index is 470. The molecule has 0 bridgehead atoms. The average Bonchev–Trinajstić information content (AvgIpc) is 2.87. The van der Waals surface area contributed by atoms with Crippen molar-refractivity contribution in [1.82, 2.24) is 25.4 Å². The molecule has 1 N–H and O–H groups in total. The Balaban J connectivity index is 2.22. The van der Waals surface area contributed by atoms with Crippen LogP contribution in [0.15, 0.2) is 23.1 Å². The van der Waals surface area contributed by atoms with Crippen molar-refractivity contribution in [2.75, 3.05) is 7.05 Å². The second-order valence-corrected chi connectivity index (χ2v) is 3.92. The van der Waals surface area contributed by atoms with Gasteiger partial charge >= 0.3 is 0 Å². The van der Waals surface area contributed by atoms with Crippen molar-refractivity contribution in [3.8, 4) is 11.5 Å². The molecule has 2 atom stereocenters. The van der Waals surface area contributed by atoms with Crippen LogP contribution in [-0.2, 0) is 0 Å². The molecule has 0 spiro atoms. The molecule has 0 amide bonds. The van der Waals surface area contributed by atoms with Crippen molar-refractivity contribution in [2.45, 2.75) is 25.8 Å². The molecular formula is C11H15N5O. The maximum Gasteiger partial charge on any atom is 0.231 e. The molecule has 0 saturated heterocycles. The SMILES string of the molecule is CNC(C)C(C)c1nc(-c2ccncn2)no1. The number of likely N-dealkylation sites (N-methyl/N-ethyl adjacent to an activating group) is 1. The molecule has 6 nitrogen and oxygen atoms in total. The molecule has 6 heteroatoms. The maximum absolute atomic E-state index is 5.24. The Morgan fingerprint density at radius 1 is 1.35 bits per heavy atom. The topological polar surface area (TPSA) is 76.7 Å². The van der Waals surface area contributed by atoms with Crippen molar-refractivity contribution >= 4 is 0 Å². The number of aromatic nitrogens is 4. The second kappa shape index (κ2) is 5.01. The maximum atomic E-state index is 5.24. The Hall–Kier alpha value is -1.82. The third kappa shape index (κ3) is 2.47. The summed E-state index contributed by atoms with van der Waals surface area (Å²) in [6, 6.07) is 2.02. The smallest absolute Gasteiger partial charge is 0.231 e. The van der Waals surface area contributed by atoms with E-state index in [0.29, 0.717) is 17.4 Å².